The van der Waals surface area contributed by atoms with Crippen LogP contribution in [-0.4, -0.2) is 32.4 Å². The lowest BCUT2D eigenvalue weighted by atomic mass is 10.3. The summed E-state index contributed by atoms with van der Waals surface area (Å²) in [6, 6.07) is 4.46. The van der Waals surface area contributed by atoms with Crippen molar-refractivity contribution in [1.29, 1.82) is 0 Å². The molecular weight excluding hydrogens is 254 g/mol. The van der Waals surface area contributed by atoms with Gasteiger partial charge < -0.3 is 16.3 Å². The van der Waals surface area contributed by atoms with E-state index in [2.05, 4.69) is 10.9 Å². The number of nitrogen functional groups attached to an aromatic ring is 1. The molecule has 0 bridgehead atoms. The number of benzene rings is 1. The lowest BCUT2D eigenvalue weighted by molar-refractivity contribution is 0.319. The molecule has 0 aliphatic rings. The minimum absolute atomic E-state index is 0.120. The van der Waals surface area contributed by atoms with E-state index in [4.69, 9.17) is 10.8 Å². The van der Waals surface area contributed by atoms with Crippen LogP contribution in [-0.2, 0) is 9.84 Å². The largest absolute Gasteiger partial charge is 0.397 e. The van der Waals surface area contributed by atoms with Crippen molar-refractivity contribution in [1.82, 2.24) is 5.43 Å². The maximum atomic E-state index is 11.7. The Bertz CT molecular complexity index is 488. The van der Waals surface area contributed by atoms with Gasteiger partial charge in [0, 0.05) is 6.54 Å². The molecule has 1 aromatic carbocycles. The molecule has 0 aromatic heterocycles. The summed E-state index contributed by atoms with van der Waals surface area (Å²) in [4.78, 5) is 0.120. The average molecular weight is 273 g/mol. The third-order valence-corrected chi connectivity index (χ3v) is 4.03. The molecule has 6 nitrogen and oxygen atoms in total. The highest BCUT2D eigenvalue weighted by Crippen LogP contribution is 2.22. The molecule has 0 saturated carbocycles. The Morgan fingerprint density at radius 1 is 1.39 bits per heavy atom. The van der Waals surface area contributed by atoms with Crippen molar-refractivity contribution in [3.8, 4) is 0 Å². The van der Waals surface area contributed by atoms with Gasteiger partial charge in [-0.1, -0.05) is 6.92 Å². The Kier molecular flexibility index (Phi) is 5.39. The summed E-state index contributed by atoms with van der Waals surface area (Å²) >= 11 is 0. The van der Waals surface area contributed by atoms with Gasteiger partial charge in [0.1, 0.15) is 0 Å². The number of aliphatic hydroxyl groups is 1. The highest BCUT2D eigenvalue weighted by molar-refractivity contribution is 7.91. The van der Waals surface area contributed by atoms with Crippen LogP contribution in [0.15, 0.2) is 23.1 Å². The summed E-state index contributed by atoms with van der Waals surface area (Å²) in [6.45, 7) is 2.41. The summed E-state index contributed by atoms with van der Waals surface area (Å²) in [5.74, 6) is -0.298. The second-order valence-electron chi connectivity index (χ2n) is 3.84. The number of aliphatic hydroxyl groups excluding tert-OH is 1. The third-order valence-electron chi connectivity index (χ3n) is 2.34. The summed E-state index contributed by atoms with van der Waals surface area (Å²) in [5.41, 5.74) is 12.6. The van der Waals surface area contributed by atoms with Crippen LogP contribution in [0.5, 0.6) is 0 Å². The van der Waals surface area contributed by atoms with Crippen LogP contribution in [0.3, 0.4) is 0 Å². The van der Waals surface area contributed by atoms with E-state index in [1.54, 1.807) is 6.07 Å². The van der Waals surface area contributed by atoms with Gasteiger partial charge in [-0.3, -0.25) is 0 Å². The maximum absolute atomic E-state index is 11.7. The Morgan fingerprint density at radius 3 is 2.67 bits per heavy atom. The Labute approximate surface area is 107 Å². The molecule has 0 radical (unpaired) electrons. The molecule has 0 heterocycles. The van der Waals surface area contributed by atoms with Gasteiger partial charge in [-0.15, -0.1) is 0 Å². The average Bonchev–Trinajstić information content (AvgIpc) is 2.31. The quantitative estimate of drug-likeness (QED) is 0.325. The molecule has 0 saturated heterocycles. The van der Waals surface area contributed by atoms with Gasteiger partial charge >= 0.3 is 0 Å². The molecule has 18 heavy (non-hydrogen) atoms. The van der Waals surface area contributed by atoms with Crippen LogP contribution >= 0.6 is 0 Å². The third kappa shape index (κ3) is 3.86. The monoisotopic (exact) mass is 273 g/mol. The smallest absolute Gasteiger partial charge is 0.180 e. The number of sulfone groups is 1. The lowest BCUT2D eigenvalue weighted by Crippen LogP contribution is -2.23. The molecule has 0 unspecified atom stereocenters. The van der Waals surface area contributed by atoms with E-state index in [-0.39, 0.29) is 10.6 Å². The van der Waals surface area contributed by atoms with E-state index >= 15 is 0 Å². The minimum atomic E-state index is -3.45. The molecule has 0 atom stereocenters. The molecule has 0 aliphatic heterocycles. The van der Waals surface area contributed by atoms with Gasteiger partial charge in [-0.25, -0.2) is 13.8 Å². The molecule has 7 heteroatoms. The molecule has 1 rings (SSSR count). The summed E-state index contributed by atoms with van der Waals surface area (Å²) in [6.07, 6.45) is 0.968. The number of hydrogen-bond donors (Lipinski definition) is 4. The molecule has 5 N–H and O–H groups in total. The number of hydrazine groups is 1. The number of anilines is 2. The second-order valence-corrected chi connectivity index (χ2v) is 5.95. The van der Waals surface area contributed by atoms with Crippen molar-refractivity contribution in [2.24, 2.45) is 0 Å². The SMILES string of the molecule is CCCNNc1ccc(S(=O)(=O)CCO)cc1N. The van der Waals surface area contributed by atoms with Gasteiger partial charge in [0.25, 0.3) is 0 Å². The zero-order valence-electron chi connectivity index (χ0n) is 10.3. The summed E-state index contributed by atoms with van der Waals surface area (Å²) < 4.78 is 23.4. The van der Waals surface area contributed by atoms with Crippen LogP contribution in [0.4, 0.5) is 11.4 Å². The van der Waals surface area contributed by atoms with Crippen molar-refractivity contribution < 1.29 is 13.5 Å². The molecule has 0 fully saturated rings. The number of nitrogens with one attached hydrogen (secondary N) is 2. The number of hydrogen-bond acceptors (Lipinski definition) is 6. The van der Waals surface area contributed by atoms with Gasteiger partial charge in [0.2, 0.25) is 0 Å². The first-order valence-electron chi connectivity index (χ1n) is 5.73. The molecule has 0 spiro atoms. The predicted molar refractivity (Wildman–Crippen MR) is 71.9 cm³/mol. The Morgan fingerprint density at radius 2 is 2.11 bits per heavy atom. The zero-order valence-corrected chi connectivity index (χ0v) is 11.1. The summed E-state index contributed by atoms with van der Waals surface area (Å²) in [5, 5.41) is 8.70. The van der Waals surface area contributed by atoms with Gasteiger partial charge in [-0.05, 0) is 24.6 Å². The Hall–Kier alpha value is -1.31. The van der Waals surface area contributed by atoms with Crippen molar-refractivity contribution in [2.45, 2.75) is 18.2 Å². The van der Waals surface area contributed by atoms with E-state index < -0.39 is 16.4 Å². The van der Waals surface area contributed by atoms with Gasteiger partial charge in [-0.2, -0.15) is 0 Å². The van der Waals surface area contributed by atoms with Crippen LogP contribution in [0, 0.1) is 0 Å². The standard InChI is InChI=1S/C11H19N3O3S/c1-2-5-13-14-11-4-3-9(8-10(11)12)18(16,17)7-6-15/h3-4,8,13-15H,2,5-7,12H2,1H3. The van der Waals surface area contributed by atoms with E-state index in [0.717, 1.165) is 13.0 Å². The lowest BCUT2D eigenvalue weighted by Gasteiger charge is -2.11. The first-order valence-corrected chi connectivity index (χ1v) is 7.38. The first-order chi connectivity index (χ1) is 8.51. The minimum Gasteiger partial charge on any atom is -0.397 e. The maximum Gasteiger partial charge on any atom is 0.180 e. The fourth-order valence-corrected chi connectivity index (χ4v) is 2.43. The van der Waals surface area contributed by atoms with Crippen LogP contribution in [0.1, 0.15) is 13.3 Å². The van der Waals surface area contributed by atoms with Gasteiger partial charge in [0.15, 0.2) is 9.84 Å². The van der Waals surface area contributed by atoms with Gasteiger partial charge in [0.05, 0.1) is 28.6 Å². The van der Waals surface area contributed by atoms with Crippen LogP contribution in [0.25, 0.3) is 0 Å². The van der Waals surface area contributed by atoms with Crippen molar-refractivity contribution in [2.75, 3.05) is 30.1 Å². The predicted octanol–water partition coefficient (Wildman–Crippen LogP) is 0.361. The highest BCUT2D eigenvalue weighted by atomic mass is 32.2. The van der Waals surface area contributed by atoms with Crippen molar-refractivity contribution in [3.05, 3.63) is 18.2 Å². The molecule has 102 valence electrons. The summed E-state index contributed by atoms with van der Waals surface area (Å²) in [7, 11) is -3.45. The van der Waals surface area contributed by atoms with E-state index in [1.165, 1.54) is 12.1 Å². The number of rotatable bonds is 7. The van der Waals surface area contributed by atoms with E-state index in [9.17, 15) is 8.42 Å². The second kappa shape index (κ2) is 6.58. The first kappa shape index (κ1) is 14.7. The highest BCUT2D eigenvalue weighted by Gasteiger charge is 2.14. The van der Waals surface area contributed by atoms with Crippen LogP contribution in [0.2, 0.25) is 0 Å². The molecule has 1 aromatic rings. The van der Waals surface area contributed by atoms with Crippen LogP contribution < -0.4 is 16.6 Å². The number of nitrogens with two attached hydrogens (primary N) is 1. The molecule has 0 aliphatic carbocycles. The fourth-order valence-electron chi connectivity index (χ4n) is 1.37. The van der Waals surface area contributed by atoms with Crippen molar-refractivity contribution in [3.63, 3.8) is 0 Å². The van der Waals surface area contributed by atoms with E-state index in [1.807, 2.05) is 6.92 Å². The normalized spacial score (nSPS) is 11.4. The fraction of sp³-hybridized carbons (Fsp3) is 0.455. The Balaban J connectivity index is 2.85. The molecule has 0 amide bonds. The molecular formula is C11H19N3O3S. The van der Waals surface area contributed by atoms with Crippen molar-refractivity contribution >= 4 is 21.2 Å². The zero-order chi connectivity index (χ0) is 13.6. The topological polar surface area (TPSA) is 104 Å². The van der Waals surface area contributed by atoms with E-state index in [0.29, 0.717) is 11.4 Å².